The number of anilines is 1. The molecule has 1 N–H and O–H groups in total. The van der Waals surface area contributed by atoms with Crippen LogP contribution in [0.5, 0.6) is 0 Å². The van der Waals surface area contributed by atoms with Crippen molar-refractivity contribution < 1.29 is 9.18 Å². The number of amides is 1. The first-order valence-corrected chi connectivity index (χ1v) is 6.10. The van der Waals surface area contributed by atoms with Gasteiger partial charge in [-0.2, -0.15) is 5.26 Å². The fourth-order valence-corrected chi connectivity index (χ4v) is 1.90. The van der Waals surface area contributed by atoms with E-state index in [1.165, 1.54) is 12.1 Å². The maximum atomic E-state index is 13.0. The van der Waals surface area contributed by atoms with Crippen molar-refractivity contribution in [3.8, 4) is 6.07 Å². The smallest absolute Gasteiger partial charge is 0.255 e. The summed E-state index contributed by atoms with van der Waals surface area (Å²) in [7, 11) is 0. The molecule has 3 nitrogen and oxygen atoms in total. The minimum Gasteiger partial charge on any atom is -0.321 e. The maximum Gasteiger partial charge on any atom is 0.255 e. The lowest BCUT2D eigenvalue weighted by Crippen LogP contribution is -2.14. The largest absolute Gasteiger partial charge is 0.321 e. The monoisotopic (exact) mass is 268 g/mol. The Morgan fingerprint density at radius 1 is 1.25 bits per heavy atom. The van der Waals surface area contributed by atoms with Crippen LogP contribution < -0.4 is 5.32 Å². The first-order chi connectivity index (χ1) is 9.52. The number of nitriles is 1. The van der Waals surface area contributed by atoms with Crippen molar-refractivity contribution >= 4 is 11.6 Å². The number of halogens is 1. The second kappa shape index (κ2) is 5.54. The number of nitrogens with one attached hydrogen (secondary N) is 1. The van der Waals surface area contributed by atoms with E-state index in [2.05, 4.69) is 5.32 Å². The average Bonchev–Trinajstić information content (AvgIpc) is 2.43. The summed E-state index contributed by atoms with van der Waals surface area (Å²) in [6, 6.07) is 11.0. The van der Waals surface area contributed by atoms with Gasteiger partial charge in [-0.05, 0) is 49.2 Å². The van der Waals surface area contributed by atoms with Gasteiger partial charge in [0.15, 0.2) is 0 Å². The second-order valence-corrected chi connectivity index (χ2v) is 4.50. The van der Waals surface area contributed by atoms with E-state index in [4.69, 9.17) is 5.26 Å². The summed E-state index contributed by atoms with van der Waals surface area (Å²) >= 11 is 0. The van der Waals surface area contributed by atoms with Crippen molar-refractivity contribution in [3.05, 3.63) is 64.5 Å². The van der Waals surface area contributed by atoms with Crippen LogP contribution in [0.1, 0.15) is 27.0 Å². The van der Waals surface area contributed by atoms with Crippen molar-refractivity contribution in [1.82, 2.24) is 0 Å². The molecular weight excluding hydrogens is 255 g/mol. The van der Waals surface area contributed by atoms with Crippen LogP contribution in [0.2, 0.25) is 0 Å². The Morgan fingerprint density at radius 3 is 2.70 bits per heavy atom. The van der Waals surface area contributed by atoms with Crippen LogP contribution >= 0.6 is 0 Å². The molecule has 0 heterocycles. The Hall–Kier alpha value is -2.67. The van der Waals surface area contributed by atoms with E-state index in [-0.39, 0.29) is 11.5 Å². The second-order valence-electron chi connectivity index (χ2n) is 4.50. The molecule has 0 saturated carbocycles. The molecule has 0 fully saturated rings. The normalized spacial score (nSPS) is 9.90. The molecule has 0 aromatic heterocycles. The third-order valence-corrected chi connectivity index (χ3v) is 3.20. The lowest BCUT2D eigenvalue weighted by Gasteiger charge is -2.10. The molecule has 2 rings (SSSR count). The lowest BCUT2D eigenvalue weighted by atomic mass is 10.0. The number of hydrogen-bond acceptors (Lipinski definition) is 2. The number of hydrogen-bond donors (Lipinski definition) is 1. The molecule has 0 atom stereocenters. The molecule has 0 aliphatic heterocycles. The molecule has 0 saturated heterocycles. The Kier molecular flexibility index (Phi) is 3.81. The number of nitrogens with zero attached hydrogens (tertiary/aromatic N) is 1. The van der Waals surface area contributed by atoms with Crippen LogP contribution in [0.15, 0.2) is 36.4 Å². The van der Waals surface area contributed by atoms with Crippen LogP contribution in [0, 0.1) is 31.0 Å². The van der Waals surface area contributed by atoms with Gasteiger partial charge in [0.1, 0.15) is 11.9 Å². The molecule has 2 aromatic carbocycles. The van der Waals surface area contributed by atoms with Crippen molar-refractivity contribution in [2.45, 2.75) is 13.8 Å². The Labute approximate surface area is 116 Å². The minimum absolute atomic E-state index is 0.101. The molecule has 4 heteroatoms. The zero-order chi connectivity index (χ0) is 14.7. The highest BCUT2D eigenvalue weighted by molar-refractivity contribution is 6.06. The van der Waals surface area contributed by atoms with Crippen LogP contribution in [-0.4, -0.2) is 5.91 Å². The quantitative estimate of drug-likeness (QED) is 0.905. The first kappa shape index (κ1) is 13.8. The van der Waals surface area contributed by atoms with E-state index in [0.717, 1.165) is 17.2 Å². The third kappa shape index (κ3) is 2.67. The highest BCUT2D eigenvalue weighted by Crippen LogP contribution is 2.19. The van der Waals surface area contributed by atoms with Crippen LogP contribution in [0.3, 0.4) is 0 Å². The summed E-state index contributed by atoms with van der Waals surface area (Å²) < 4.78 is 13.0. The molecule has 0 aliphatic carbocycles. The van der Waals surface area contributed by atoms with E-state index < -0.39 is 5.82 Å². The van der Waals surface area contributed by atoms with Crippen molar-refractivity contribution in [3.63, 3.8) is 0 Å². The highest BCUT2D eigenvalue weighted by Gasteiger charge is 2.12. The number of aryl methyl sites for hydroxylation is 1. The Bertz CT molecular complexity index is 717. The van der Waals surface area contributed by atoms with Gasteiger partial charge in [-0.1, -0.05) is 12.1 Å². The zero-order valence-electron chi connectivity index (χ0n) is 11.2. The molecule has 100 valence electrons. The van der Waals surface area contributed by atoms with E-state index in [9.17, 15) is 9.18 Å². The molecule has 0 aliphatic rings. The van der Waals surface area contributed by atoms with Crippen molar-refractivity contribution in [1.29, 1.82) is 5.26 Å². The molecule has 20 heavy (non-hydrogen) atoms. The van der Waals surface area contributed by atoms with Gasteiger partial charge in [-0.15, -0.1) is 0 Å². The number of rotatable bonds is 2. The first-order valence-electron chi connectivity index (χ1n) is 6.10. The van der Waals surface area contributed by atoms with E-state index in [1.807, 2.05) is 26.0 Å². The topological polar surface area (TPSA) is 52.9 Å². The zero-order valence-corrected chi connectivity index (χ0v) is 11.2. The number of carbonyl (C=O) groups excluding carboxylic acids is 1. The maximum absolute atomic E-state index is 13.0. The van der Waals surface area contributed by atoms with Gasteiger partial charge in [0.2, 0.25) is 0 Å². The summed E-state index contributed by atoms with van der Waals surface area (Å²) in [5.41, 5.74) is 2.84. The number of carbonyl (C=O) groups is 1. The van der Waals surface area contributed by atoms with Gasteiger partial charge in [-0.25, -0.2) is 4.39 Å². The summed E-state index contributed by atoms with van der Waals surface area (Å²) in [6.07, 6.45) is 0. The van der Waals surface area contributed by atoms with Gasteiger partial charge in [0.25, 0.3) is 5.91 Å². The molecule has 2 aromatic rings. The highest BCUT2D eigenvalue weighted by atomic mass is 19.1. The van der Waals surface area contributed by atoms with Gasteiger partial charge < -0.3 is 5.32 Å². The molecule has 0 unspecified atom stereocenters. The predicted molar refractivity (Wildman–Crippen MR) is 75.0 cm³/mol. The van der Waals surface area contributed by atoms with E-state index in [0.29, 0.717) is 11.3 Å². The SMILES string of the molecule is Cc1cccc(C(=O)Nc2ccc(F)cc2C#N)c1C. The summed E-state index contributed by atoms with van der Waals surface area (Å²) in [5.74, 6) is -0.819. The third-order valence-electron chi connectivity index (χ3n) is 3.20. The predicted octanol–water partition coefficient (Wildman–Crippen LogP) is 3.57. The van der Waals surface area contributed by atoms with Gasteiger partial charge >= 0.3 is 0 Å². The lowest BCUT2D eigenvalue weighted by molar-refractivity contribution is 0.102. The summed E-state index contributed by atoms with van der Waals surface area (Å²) in [5, 5.41) is 11.6. The van der Waals surface area contributed by atoms with Crippen LogP contribution in [0.4, 0.5) is 10.1 Å². The van der Waals surface area contributed by atoms with E-state index in [1.54, 1.807) is 12.1 Å². The summed E-state index contributed by atoms with van der Waals surface area (Å²) in [6.45, 7) is 3.78. The standard InChI is InChI=1S/C16H13FN2O/c1-10-4-3-5-14(11(10)2)16(20)19-15-7-6-13(17)8-12(15)9-18/h3-8H,1-2H3,(H,19,20). The number of benzene rings is 2. The van der Waals surface area contributed by atoms with Crippen LogP contribution in [-0.2, 0) is 0 Å². The van der Waals surface area contributed by atoms with Gasteiger partial charge in [0.05, 0.1) is 11.3 Å². The fourth-order valence-electron chi connectivity index (χ4n) is 1.90. The van der Waals surface area contributed by atoms with Crippen molar-refractivity contribution in [2.75, 3.05) is 5.32 Å². The molecule has 0 spiro atoms. The molecule has 0 bridgehead atoms. The Morgan fingerprint density at radius 2 is 2.00 bits per heavy atom. The fraction of sp³-hybridized carbons (Fsp3) is 0.125. The van der Waals surface area contributed by atoms with Gasteiger partial charge in [-0.3, -0.25) is 4.79 Å². The molecule has 0 radical (unpaired) electrons. The Balaban J connectivity index is 2.33. The molecular formula is C16H13FN2O. The van der Waals surface area contributed by atoms with Crippen molar-refractivity contribution in [2.24, 2.45) is 0 Å². The average molecular weight is 268 g/mol. The molecule has 1 amide bonds. The van der Waals surface area contributed by atoms with E-state index >= 15 is 0 Å². The van der Waals surface area contributed by atoms with Crippen LogP contribution in [0.25, 0.3) is 0 Å². The van der Waals surface area contributed by atoms with Gasteiger partial charge in [0, 0.05) is 5.56 Å². The minimum atomic E-state index is -0.508. The summed E-state index contributed by atoms with van der Waals surface area (Å²) in [4.78, 5) is 12.2.